The number of carboxylic acid groups (broad SMARTS) is 1. The Morgan fingerprint density at radius 2 is 1.69 bits per heavy atom. The van der Waals surface area contributed by atoms with Crippen molar-refractivity contribution in [3.8, 4) is 5.75 Å². The van der Waals surface area contributed by atoms with Crippen molar-refractivity contribution in [1.82, 2.24) is 14.3 Å². The summed E-state index contributed by atoms with van der Waals surface area (Å²) in [4.78, 5) is 21.0. The number of sulfonamides is 1. The fourth-order valence-electron chi connectivity index (χ4n) is 4.00. The molecular weight excluding hydrogens is 539 g/mol. The van der Waals surface area contributed by atoms with E-state index < -0.39 is 22.2 Å². The molecule has 210 valence electrons. The number of anilines is 2. The molecule has 2 heterocycles. The lowest BCUT2D eigenvalue weighted by molar-refractivity contribution is -0.192. The zero-order chi connectivity index (χ0) is 28.4. The van der Waals surface area contributed by atoms with Crippen molar-refractivity contribution in [3.63, 3.8) is 0 Å². The molecule has 1 saturated heterocycles. The number of fused-ring (bicyclic) bond motifs is 1. The molecule has 5 rings (SSSR count). The van der Waals surface area contributed by atoms with Crippen LogP contribution in [0.15, 0.2) is 47.4 Å². The number of hydrogen-bond acceptors (Lipinski definition) is 8. The molecular formula is C25H28F3N5O5S. The number of aliphatic carboxylic acids is 1. The van der Waals surface area contributed by atoms with Gasteiger partial charge in [-0.2, -0.15) is 17.5 Å². The number of nitrogens with zero attached hydrogens (tertiary/aromatic N) is 4. The van der Waals surface area contributed by atoms with Crippen LogP contribution in [0.1, 0.15) is 18.4 Å². The van der Waals surface area contributed by atoms with Gasteiger partial charge in [-0.05, 0) is 49.6 Å². The van der Waals surface area contributed by atoms with Crippen LogP contribution in [0.2, 0.25) is 0 Å². The number of nitrogens with one attached hydrogen (secondary N) is 1. The number of methoxy groups -OCH3 is 1. The molecule has 1 aliphatic carbocycles. The number of aromatic nitrogens is 2. The second-order valence-electron chi connectivity index (χ2n) is 9.15. The van der Waals surface area contributed by atoms with E-state index in [9.17, 15) is 21.6 Å². The van der Waals surface area contributed by atoms with Gasteiger partial charge in [0.15, 0.2) is 11.6 Å². The largest absolute Gasteiger partial charge is 0.495 e. The van der Waals surface area contributed by atoms with Gasteiger partial charge in [0.25, 0.3) is 0 Å². The van der Waals surface area contributed by atoms with Gasteiger partial charge in [0, 0.05) is 32.2 Å². The third-order valence-corrected chi connectivity index (χ3v) is 8.13. The van der Waals surface area contributed by atoms with Gasteiger partial charge in [0.1, 0.15) is 10.6 Å². The Balaban J connectivity index is 0.000000448. The SMILES string of the molecule is COc1ccccc1S(=O)(=O)N1CCN(c2nc3cc(C)ccc3nc2NC2CC2)CC1.O=C(O)C(F)(F)F. The highest BCUT2D eigenvalue weighted by atomic mass is 32.2. The normalized spacial score (nSPS) is 16.4. The van der Waals surface area contributed by atoms with E-state index in [4.69, 9.17) is 24.6 Å². The van der Waals surface area contributed by atoms with E-state index in [1.807, 2.05) is 25.1 Å². The van der Waals surface area contributed by atoms with Crippen LogP contribution in [-0.4, -0.2) is 79.3 Å². The predicted octanol–water partition coefficient (Wildman–Crippen LogP) is 3.67. The molecule has 0 amide bonds. The van der Waals surface area contributed by atoms with Gasteiger partial charge in [-0.3, -0.25) is 0 Å². The standard InChI is InChI=1S/C23H27N5O3S.C2HF3O2/c1-16-7-10-18-19(15-16)26-23(22(25-18)24-17-8-9-17)27-11-13-28(14-12-27)32(29,30)21-6-4-3-5-20(21)31-2;3-2(4,5)1(6)7/h3-7,10,15,17H,8-9,11-14H2,1-2H3,(H,24,25);(H,6,7). The average molecular weight is 568 g/mol. The van der Waals surface area contributed by atoms with Gasteiger partial charge in [-0.25, -0.2) is 23.2 Å². The number of benzene rings is 2. The number of carbonyl (C=O) groups is 1. The molecule has 39 heavy (non-hydrogen) atoms. The number of rotatable bonds is 6. The minimum Gasteiger partial charge on any atom is -0.495 e. The first-order valence-electron chi connectivity index (χ1n) is 12.1. The number of alkyl halides is 3. The number of halogens is 3. The molecule has 2 aromatic carbocycles. The van der Waals surface area contributed by atoms with Crippen LogP contribution < -0.4 is 15.0 Å². The predicted molar refractivity (Wildman–Crippen MR) is 139 cm³/mol. The summed E-state index contributed by atoms with van der Waals surface area (Å²) in [5.74, 6) is -0.816. The molecule has 1 aliphatic heterocycles. The zero-order valence-corrected chi connectivity index (χ0v) is 22.1. The third kappa shape index (κ3) is 6.68. The van der Waals surface area contributed by atoms with E-state index in [-0.39, 0.29) is 4.90 Å². The Morgan fingerprint density at radius 1 is 1.05 bits per heavy atom. The maximum Gasteiger partial charge on any atom is 0.490 e. The van der Waals surface area contributed by atoms with Crippen molar-refractivity contribution in [2.75, 3.05) is 43.5 Å². The van der Waals surface area contributed by atoms with E-state index in [1.54, 1.807) is 24.3 Å². The summed E-state index contributed by atoms with van der Waals surface area (Å²) >= 11 is 0. The molecule has 0 bridgehead atoms. The Kier molecular flexibility index (Phi) is 8.16. The van der Waals surface area contributed by atoms with Crippen molar-refractivity contribution in [2.45, 2.75) is 36.9 Å². The van der Waals surface area contributed by atoms with Crippen LogP contribution >= 0.6 is 0 Å². The van der Waals surface area contributed by atoms with Crippen LogP contribution in [0, 0.1) is 6.92 Å². The van der Waals surface area contributed by atoms with E-state index >= 15 is 0 Å². The molecule has 2 fully saturated rings. The smallest absolute Gasteiger partial charge is 0.490 e. The highest BCUT2D eigenvalue weighted by Crippen LogP contribution is 2.33. The van der Waals surface area contributed by atoms with E-state index in [0.717, 1.165) is 41.1 Å². The summed E-state index contributed by atoms with van der Waals surface area (Å²) in [6.45, 7) is 3.87. The fourth-order valence-corrected chi connectivity index (χ4v) is 5.58. The van der Waals surface area contributed by atoms with Crippen LogP contribution in [0.4, 0.5) is 24.8 Å². The lowest BCUT2D eigenvalue weighted by atomic mass is 10.2. The molecule has 1 aromatic heterocycles. The van der Waals surface area contributed by atoms with Gasteiger partial charge in [-0.1, -0.05) is 18.2 Å². The Morgan fingerprint density at radius 3 is 2.28 bits per heavy atom. The molecule has 14 heteroatoms. The number of ether oxygens (including phenoxy) is 1. The van der Waals surface area contributed by atoms with Gasteiger partial charge in [-0.15, -0.1) is 0 Å². The maximum atomic E-state index is 13.2. The topological polar surface area (TPSA) is 125 Å². The lowest BCUT2D eigenvalue weighted by Gasteiger charge is -2.35. The molecule has 2 N–H and O–H groups in total. The first-order valence-corrected chi connectivity index (χ1v) is 13.6. The Hall–Kier alpha value is -3.65. The number of hydrogen-bond donors (Lipinski definition) is 2. The number of carboxylic acids is 1. The van der Waals surface area contributed by atoms with E-state index in [2.05, 4.69) is 10.2 Å². The van der Waals surface area contributed by atoms with Crippen LogP contribution in [0.5, 0.6) is 5.75 Å². The van der Waals surface area contributed by atoms with Gasteiger partial charge in [0.2, 0.25) is 10.0 Å². The monoisotopic (exact) mass is 567 g/mol. The van der Waals surface area contributed by atoms with Gasteiger partial charge < -0.3 is 20.1 Å². The van der Waals surface area contributed by atoms with Gasteiger partial charge in [0.05, 0.1) is 18.1 Å². The van der Waals surface area contributed by atoms with Crippen LogP contribution in [0.25, 0.3) is 11.0 Å². The highest BCUT2D eigenvalue weighted by Gasteiger charge is 2.38. The summed E-state index contributed by atoms with van der Waals surface area (Å²) in [5.41, 5.74) is 2.85. The van der Waals surface area contributed by atoms with Crippen molar-refractivity contribution in [1.29, 1.82) is 0 Å². The summed E-state index contributed by atoms with van der Waals surface area (Å²) < 4.78 is 65.0. The summed E-state index contributed by atoms with van der Waals surface area (Å²) in [6.07, 6.45) is -2.81. The first-order chi connectivity index (χ1) is 18.4. The Labute approximate surface area is 223 Å². The summed E-state index contributed by atoms with van der Waals surface area (Å²) in [6, 6.07) is 13.3. The molecule has 0 radical (unpaired) electrons. The third-order valence-electron chi connectivity index (χ3n) is 6.19. The summed E-state index contributed by atoms with van der Waals surface area (Å²) in [5, 5.41) is 10.6. The highest BCUT2D eigenvalue weighted by molar-refractivity contribution is 7.89. The second kappa shape index (κ2) is 11.2. The van der Waals surface area contributed by atoms with E-state index in [1.165, 1.54) is 11.4 Å². The zero-order valence-electron chi connectivity index (χ0n) is 21.3. The Bertz CT molecular complexity index is 1460. The second-order valence-corrected chi connectivity index (χ2v) is 11.1. The van der Waals surface area contributed by atoms with Crippen molar-refractivity contribution in [3.05, 3.63) is 48.0 Å². The average Bonchev–Trinajstić information content (AvgIpc) is 3.72. The summed E-state index contributed by atoms with van der Waals surface area (Å²) in [7, 11) is -2.15. The molecule has 0 spiro atoms. The van der Waals surface area contributed by atoms with E-state index in [0.29, 0.717) is 38.0 Å². The number of piperazine rings is 1. The quantitative estimate of drug-likeness (QED) is 0.459. The lowest BCUT2D eigenvalue weighted by Crippen LogP contribution is -2.49. The van der Waals surface area contributed by atoms with Crippen LogP contribution in [-0.2, 0) is 14.8 Å². The van der Waals surface area contributed by atoms with Crippen molar-refractivity contribution >= 4 is 38.7 Å². The molecule has 0 atom stereocenters. The fraction of sp³-hybridized carbons (Fsp3) is 0.400. The number of aryl methyl sites for hydroxylation is 1. The maximum absolute atomic E-state index is 13.2. The van der Waals surface area contributed by atoms with Crippen molar-refractivity contribution < 1.29 is 36.2 Å². The van der Waals surface area contributed by atoms with Crippen molar-refractivity contribution in [2.24, 2.45) is 0 Å². The molecule has 3 aromatic rings. The van der Waals surface area contributed by atoms with Gasteiger partial charge >= 0.3 is 12.1 Å². The minimum absolute atomic E-state index is 0.202. The molecule has 2 aliphatic rings. The minimum atomic E-state index is -5.08. The van der Waals surface area contributed by atoms with Crippen LogP contribution in [0.3, 0.4) is 0 Å². The molecule has 10 nitrogen and oxygen atoms in total. The first kappa shape index (κ1) is 28.4. The molecule has 0 unspecified atom stereocenters. The molecule has 1 saturated carbocycles. The number of para-hydroxylation sites is 1.